The maximum atomic E-state index is 6.28. The van der Waals surface area contributed by atoms with Crippen molar-refractivity contribution in [2.45, 2.75) is 38.3 Å². The van der Waals surface area contributed by atoms with Gasteiger partial charge in [0.15, 0.2) is 0 Å². The second-order valence-electron chi connectivity index (χ2n) is 6.37. The zero-order chi connectivity index (χ0) is 14.3. The van der Waals surface area contributed by atoms with E-state index in [1.807, 2.05) is 12.1 Å². The fraction of sp³-hybridized carbons (Fsp3) is 0.625. The molecule has 1 aliphatic heterocycles. The molecule has 0 spiro atoms. The van der Waals surface area contributed by atoms with Gasteiger partial charge < -0.3 is 15.0 Å². The molecule has 0 aromatic heterocycles. The summed E-state index contributed by atoms with van der Waals surface area (Å²) in [5, 5.41) is 4.43. The summed E-state index contributed by atoms with van der Waals surface area (Å²) < 4.78 is 5.24. The third-order valence-electron chi connectivity index (χ3n) is 4.78. The molecule has 20 heavy (non-hydrogen) atoms. The number of methoxy groups -OCH3 is 1. The maximum absolute atomic E-state index is 6.28. The standard InChI is InChI=1S/C16H23ClN2O/c1-11-9-18-16(2,12-4-5-12)10-19(11)13-6-7-15(20-3)14(17)8-13/h6-8,11-12,18H,4-5,9-10H2,1-3H3. The van der Waals surface area contributed by atoms with E-state index in [9.17, 15) is 0 Å². The molecule has 3 rings (SSSR count). The molecule has 1 saturated heterocycles. The molecule has 1 saturated carbocycles. The number of ether oxygens (including phenoxy) is 1. The number of rotatable bonds is 3. The number of hydrogen-bond donors (Lipinski definition) is 1. The highest BCUT2D eigenvalue weighted by Crippen LogP contribution is 2.42. The molecule has 0 bridgehead atoms. The number of nitrogens with zero attached hydrogens (tertiary/aromatic N) is 1. The number of hydrogen-bond acceptors (Lipinski definition) is 3. The van der Waals surface area contributed by atoms with Crippen molar-refractivity contribution in [1.82, 2.24) is 5.32 Å². The van der Waals surface area contributed by atoms with Gasteiger partial charge in [-0.25, -0.2) is 0 Å². The number of benzene rings is 1. The van der Waals surface area contributed by atoms with E-state index in [4.69, 9.17) is 16.3 Å². The Hall–Kier alpha value is -0.930. The van der Waals surface area contributed by atoms with Crippen LogP contribution in [0.15, 0.2) is 18.2 Å². The molecule has 110 valence electrons. The van der Waals surface area contributed by atoms with E-state index < -0.39 is 0 Å². The Bertz CT molecular complexity index is 503. The van der Waals surface area contributed by atoms with Gasteiger partial charge in [0.25, 0.3) is 0 Å². The molecule has 1 N–H and O–H groups in total. The minimum Gasteiger partial charge on any atom is -0.495 e. The fourth-order valence-electron chi connectivity index (χ4n) is 3.23. The van der Waals surface area contributed by atoms with Crippen LogP contribution >= 0.6 is 11.6 Å². The highest BCUT2D eigenvalue weighted by Gasteiger charge is 2.45. The molecule has 2 fully saturated rings. The highest BCUT2D eigenvalue weighted by atomic mass is 35.5. The molecule has 3 nitrogen and oxygen atoms in total. The quantitative estimate of drug-likeness (QED) is 0.925. The van der Waals surface area contributed by atoms with Crippen molar-refractivity contribution in [2.75, 3.05) is 25.1 Å². The van der Waals surface area contributed by atoms with Crippen LogP contribution in [0.4, 0.5) is 5.69 Å². The van der Waals surface area contributed by atoms with Crippen LogP contribution in [-0.2, 0) is 0 Å². The Morgan fingerprint density at radius 1 is 1.40 bits per heavy atom. The minimum atomic E-state index is 0.235. The van der Waals surface area contributed by atoms with E-state index in [0.29, 0.717) is 11.1 Å². The van der Waals surface area contributed by atoms with Crippen molar-refractivity contribution >= 4 is 17.3 Å². The predicted octanol–water partition coefficient (Wildman–Crippen LogP) is 3.32. The average molecular weight is 295 g/mol. The number of nitrogens with one attached hydrogen (secondary N) is 1. The lowest BCUT2D eigenvalue weighted by atomic mass is 9.91. The normalized spacial score (nSPS) is 30.4. The van der Waals surface area contributed by atoms with Gasteiger partial charge in [0, 0.05) is 30.4 Å². The SMILES string of the molecule is COc1ccc(N2CC(C)(C3CC3)NCC2C)cc1Cl. The Kier molecular flexibility index (Phi) is 3.59. The lowest BCUT2D eigenvalue weighted by molar-refractivity contribution is 0.261. The van der Waals surface area contributed by atoms with E-state index in [-0.39, 0.29) is 5.54 Å². The van der Waals surface area contributed by atoms with Crippen molar-refractivity contribution in [3.8, 4) is 5.75 Å². The predicted molar refractivity (Wildman–Crippen MR) is 83.9 cm³/mol. The number of piperazine rings is 1. The van der Waals surface area contributed by atoms with Gasteiger partial charge in [0.1, 0.15) is 5.75 Å². The van der Waals surface area contributed by atoms with Crippen LogP contribution in [0.25, 0.3) is 0 Å². The molecule has 2 atom stereocenters. The molecule has 1 aromatic rings. The van der Waals surface area contributed by atoms with Crippen LogP contribution in [0.3, 0.4) is 0 Å². The Morgan fingerprint density at radius 2 is 2.15 bits per heavy atom. The Morgan fingerprint density at radius 3 is 2.75 bits per heavy atom. The molecule has 4 heteroatoms. The Balaban J connectivity index is 1.85. The van der Waals surface area contributed by atoms with Crippen molar-refractivity contribution in [1.29, 1.82) is 0 Å². The first kappa shape index (κ1) is 14.0. The lowest BCUT2D eigenvalue weighted by Crippen LogP contribution is -2.63. The molecule has 1 heterocycles. The van der Waals surface area contributed by atoms with E-state index in [0.717, 1.165) is 24.8 Å². The molecule has 0 amide bonds. The minimum absolute atomic E-state index is 0.235. The number of halogens is 1. The average Bonchev–Trinajstić information content (AvgIpc) is 3.26. The van der Waals surface area contributed by atoms with Crippen LogP contribution in [0, 0.1) is 5.92 Å². The Labute approximate surface area is 126 Å². The maximum Gasteiger partial charge on any atom is 0.137 e. The summed E-state index contributed by atoms with van der Waals surface area (Å²) in [6, 6.07) is 6.57. The van der Waals surface area contributed by atoms with Gasteiger partial charge in [-0.1, -0.05) is 11.6 Å². The second kappa shape index (κ2) is 5.12. The van der Waals surface area contributed by atoms with E-state index >= 15 is 0 Å². The van der Waals surface area contributed by atoms with E-state index in [1.165, 1.54) is 18.5 Å². The first-order valence-electron chi connectivity index (χ1n) is 7.39. The summed E-state index contributed by atoms with van der Waals surface area (Å²) in [6.45, 7) is 6.68. The smallest absolute Gasteiger partial charge is 0.137 e. The van der Waals surface area contributed by atoms with Crippen LogP contribution in [-0.4, -0.2) is 31.8 Å². The van der Waals surface area contributed by atoms with Crippen molar-refractivity contribution in [2.24, 2.45) is 5.92 Å². The van der Waals surface area contributed by atoms with Gasteiger partial charge in [-0.2, -0.15) is 0 Å². The molecular weight excluding hydrogens is 272 g/mol. The fourth-order valence-corrected chi connectivity index (χ4v) is 3.48. The van der Waals surface area contributed by atoms with Crippen LogP contribution in [0.5, 0.6) is 5.75 Å². The van der Waals surface area contributed by atoms with Gasteiger partial charge in [-0.15, -0.1) is 0 Å². The summed E-state index contributed by atoms with van der Waals surface area (Å²) in [4.78, 5) is 2.47. The summed E-state index contributed by atoms with van der Waals surface area (Å²) in [5.41, 5.74) is 1.43. The summed E-state index contributed by atoms with van der Waals surface area (Å²) in [6.07, 6.45) is 2.71. The second-order valence-corrected chi connectivity index (χ2v) is 6.78. The van der Waals surface area contributed by atoms with Crippen LogP contribution in [0.1, 0.15) is 26.7 Å². The van der Waals surface area contributed by atoms with Crippen LogP contribution in [0.2, 0.25) is 5.02 Å². The van der Waals surface area contributed by atoms with Crippen molar-refractivity contribution in [3.05, 3.63) is 23.2 Å². The van der Waals surface area contributed by atoms with Gasteiger partial charge in [0.2, 0.25) is 0 Å². The first-order valence-corrected chi connectivity index (χ1v) is 7.76. The molecule has 0 radical (unpaired) electrons. The van der Waals surface area contributed by atoms with Crippen molar-refractivity contribution < 1.29 is 4.74 Å². The van der Waals surface area contributed by atoms with E-state index in [1.54, 1.807) is 7.11 Å². The molecular formula is C16H23ClN2O. The van der Waals surface area contributed by atoms with Gasteiger partial charge in [-0.05, 0) is 50.8 Å². The van der Waals surface area contributed by atoms with Crippen molar-refractivity contribution in [3.63, 3.8) is 0 Å². The molecule has 2 unspecified atom stereocenters. The first-order chi connectivity index (χ1) is 9.53. The zero-order valence-corrected chi connectivity index (χ0v) is 13.2. The molecule has 1 aliphatic carbocycles. The largest absolute Gasteiger partial charge is 0.495 e. The summed E-state index contributed by atoms with van der Waals surface area (Å²) in [5.74, 6) is 1.56. The highest BCUT2D eigenvalue weighted by molar-refractivity contribution is 6.32. The van der Waals surface area contributed by atoms with Gasteiger partial charge in [-0.3, -0.25) is 0 Å². The third kappa shape index (κ3) is 2.49. The lowest BCUT2D eigenvalue weighted by Gasteiger charge is -2.47. The zero-order valence-electron chi connectivity index (χ0n) is 12.4. The number of anilines is 1. The monoisotopic (exact) mass is 294 g/mol. The topological polar surface area (TPSA) is 24.5 Å². The third-order valence-corrected chi connectivity index (χ3v) is 5.07. The summed E-state index contributed by atoms with van der Waals surface area (Å²) in [7, 11) is 1.65. The molecule has 1 aromatic carbocycles. The summed E-state index contributed by atoms with van der Waals surface area (Å²) >= 11 is 6.28. The van der Waals surface area contributed by atoms with E-state index in [2.05, 4.69) is 30.1 Å². The van der Waals surface area contributed by atoms with Gasteiger partial charge >= 0.3 is 0 Å². The molecule has 2 aliphatic rings. The van der Waals surface area contributed by atoms with Gasteiger partial charge in [0.05, 0.1) is 12.1 Å². The van der Waals surface area contributed by atoms with Crippen LogP contribution < -0.4 is 15.0 Å².